The summed E-state index contributed by atoms with van der Waals surface area (Å²) in [5, 5.41) is 16.3. The molecule has 1 fully saturated rings. The molecule has 2 aromatic heterocycles. The van der Waals surface area contributed by atoms with Crippen LogP contribution < -0.4 is 0 Å². The van der Waals surface area contributed by atoms with E-state index in [1.54, 1.807) is 17.0 Å². The maximum atomic E-state index is 14.5. The average molecular weight is 506 g/mol. The Morgan fingerprint density at radius 2 is 1.86 bits per heavy atom. The third-order valence-corrected chi connectivity index (χ3v) is 8.69. The first kappa shape index (κ1) is 23.6. The fourth-order valence-electron chi connectivity index (χ4n) is 6.60. The minimum Gasteiger partial charge on any atom is -0.337 e. The molecule has 0 unspecified atom stereocenters. The van der Waals surface area contributed by atoms with Crippen LogP contribution in [0.1, 0.15) is 61.3 Å². The predicted molar refractivity (Wildman–Crippen MR) is 132 cm³/mol. The lowest BCUT2D eigenvalue weighted by atomic mass is 9.68. The summed E-state index contributed by atoms with van der Waals surface area (Å²) in [5.74, 6) is -1.90. The molecule has 1 N–H and O–H groups in total. The predicted octanol–water partition coefficient (Wildman–Crippen LogP) is 5.75. The van der Waals surface area contributed by atoms with Gasteiger partial charge in [-0.1, -0.05) is 19.9 Å². The number of fused-ring (bicyclic) bond motifs is 6. The van der Waals surface area contributed by atoms with Crippen molar-refractivity contribution >= 4 is 16.8 Å². The molecule has 1 saturated carbocycles. The van der Waals surface area contributed by atoms with Gasteiger partial charge in [0.1, 0.15) is 17.5 Å². The lowest BCUT2D eigenvalue weighted by Gasteiger charge is -2.41. The highest BCUT2D eigenvalue weighted by Gasteiger charge is 2.64. The van der Waals surface area contributed by atoms with E-state index in [2.05, 4.69) is 34.2 Å². The molecule has 2 aliphatic rings. The fourth-order valence-corrected chi connectivity index (χ4v) is 6.60. The second-order valence-corrected chi connectivity index (χ2v) is 10.6. The number of hydrogen-bond acceptors (Lipinski definition) is 4. The van der Waals surface area contributed by atoms with Gasteiger partial charge in [0.2, 0.25) is 0 Å². The lowest BCUT2D eigenvalue weighted by molar-refractivity contribution is 0.0648. The molecule has 37 heavy (non-hydrogen) atoms. The molecule has 190 valence electrons. The number of H-pyrrole nitrogens is 1. The van der Waals surface area contributed by atoms with Crippen LogP contribution in [-0.2, 0) is 5.41 Å². The molecule has 0 saturated heterocycles. The Morgan fingerprint density at radius 3 is 2.59 bits per heavy atom. The van der Waals surface area contributed by atoms with Crippen LogP contribution in [-0.4, -0.2) is 44.3 Å². The van der Waals surface area contributed by atoms with Crippen molar-refractivity contribution in [2.75, 3.05) is 13.1 Å². The highest BCUT2D eigenvalue weighted by Crippen LogP contribution is 2.67. The molecule has 2 atom stereocenters. The minimum atomic E-state index is -0.680. The Bertz CT molecular complexity index is 1540. The molecule has 6 rings (SSSR count). The topological polar surface area (TPSA) is 74.8 Å². The molecular weight excluding hydrogens is 479 g/mol. The van der Waals surface area contributed by atoms with E-state index in [1.165, 1.54) is 30.3 Å². The number of carbonyl (C=O) groups excluding carboxylic acids is 1. The maximum Gasteiger partial charge on any atom is 0.275 e. The number of nitrogens with zero attached hydrogens (tertiary/aromatic N) is 4. The monoisotopic (exact) mass is 505 g/mol. The van der Waals surface area contributed by atoms with Gasteiger partial charge in [-0.3, -0.25) is 9.89 Å². The van der Waals surface area contributed by atoms with Crippen LogP contribution in [0.4, 0.5) is 13.2 Å². The second-order valence-electron chi connectivity index (χ2n) is 10.6. The van der Waals surface area contributed by atoms with Gasteiger partial charge >= 0.3 is 0 Å². The van der Waals surface area contributed by atoms with Gasteiger partial charge < -0.3 is 4.90 Å². The number of nitrogens with one attached hydrogen (secondary N) is 1. The Labute approximate surface area is 211 Å². The molecule has 1 amide bonds. The van der Waals surface area contributed by atoms with Crippen molar-refractivity contribution in [3.05, 3.63) is 76.9 Å². The van der Waals surface area contributed by atoms with E-state index in [9.17, 15) is 18.0 Å². The second kappa shape index (κ2) is 8.13. The number of benzene rings is 2. The fraction of sp³-hybridized carbons (Fsp3) is 0.357. The number of carbonyl (C=O) groups is 1. The molecular formula is C28H26F3N5O. The number of hydrogen-bond donors (Lipinski definition) is 1. The highest BCUT2D eigenvalue weighted by molar-refractivity contribution is 6.04. The Kier molecular flexibility index (Phi) is 5.19. The van der Waals surface area contributed by atoms with Crippen LogP contribution >= 0.6 is 0 Å². The Balaban J connectivity index is 1.40. The van der Waals surface area contributed by atoms with Crippen molar-refractivity contribution in [3.63, 3.8) is 0 Å². The minimum absolute atomic E-state index is 0.120. The molecule has 2 heterocycles. The summed E-state index contributed by atoms with van der Waals surface area (Å²) in [6, 6.07) is 9.70. The van der Waals surface area contributed by atoms with Crippen molar-refractivity contribution in [1.82, 2.24) is 25.3 Å². The van der Waals surface area contributed by atoms with Crippen LogP contribution in [0.5, 0.6) is 0 Å². The summed E-state index contributed by atoms with van der Waals surface area (Å²) in [7, 11) is 0. The third-order valence-electron chi connectivity index (χ3n) is 8.69. The summed E-state index contributed by atoms with van der Waals surface area (Å²) in [4.78, 5) is 15.4. The number of halogens is 3. The summed E-state index contributed by atoms with van der Waals surface area (Å²) >= 11 is 0. The summed E-state index contributed by atoms with van der Waals surface area (Å²) < 4.78 is 42.6. The summed E-state index contributed by atoms with van der Waals surface area (Å²) in [5.41, 5.74) is 1.68. The van der Waals surface area contributed by atoms with Gasteiger partial charge in [-0.2, -0.15) is 15.3 Å². The van der Waals surface area contributed by atoms with Crippen LogP contribution in [0.25, 0.3) is 22.2 Å². The lowest BCUT2D eigenvalue weighted by Crippen LogP contribution is -2.48. The van der Waals surface area contributed by atoms with E-state index >= 15 is 0 Å². The number of rotatable bonds is 5. The zero-order valence-corrected chi connectivity index (χ0v) is 20.8. The average Bonchev–Trinajstić information content (AvgIpc) is 3.45. The van der Waals surface area contributed by atoms with Crippen LogP contribution in [0.3, 0.4) is 0 Å². The highest BCUT2D eigenvalue weighted by atomic mass is 19.1. The molecule has 2 bridgehead atoms. The molecule has 4 aromatic rings. The Morgan fingerprint density at radius 1 is 1.11 bits per heavy atom. The van der Waals surface area contributed by atoms with Gasteiger partial charge in [-0.15, -0.1) is 0 Å². The van der Waals surface area contributed by atoms with E-state index in [4.69, 9.17) is 0 Å². The number of aromatic amines is 1. The van der Waals surface area contributed by atoms with Gasteiger partial charge in [0.05, 0.1) is 22.5 Å². The van der Waals surface area contributed by atoms with Crippen LogP contribution in [0, 0.1) is 22.9 Å². The SMILES string of the molecule is CCN(C[C@@]12CC[C@@H](c3cc(-c4c(F)cccc4F)nnc31)C2(C)C)C(=O)c1n[nH]c2cc(F)ccc12. The van der Waals surface area contributed by atoms with Crippen LogP contribution in [0.2, 0.25) is 0 Å². The zero-order valence-electron chi connectivity index (χ0n) is 20.8. The van der Waals surface area contributed by atoms with Crippen molar-refractivity contribution in [3.8, 4) is 11.3 Å². The first-order valence-electron chi connectivity index (χ1n) is 12.4. The smallest absolute Gasteiger partial charge is 0.275 e. The molecule has 2 aliphatic carbocycles. The van der Waals surface area contributed by atoms with Crippen molar-refractivity contribution in [2.24, 2.45) is 5.41 Å². The van der Waals surface area contributed by atoms with Crippen molar-refractivity contribution in [1.29, 1.82) is 0 Å². The summed E-state index contributed by atoms with van der Waals surface area (Å²) in [6.45, 7) is 7.09. The quantitative estimate of drug-likeness (QED) is 0.375. The molecule has 6 nitrogen and oxygen atoms in total. The maximum absolute atomic E-state index is 14.5. The number of aromatic nitrogens is 4. The third kappa shape index (κ3) is 3.25. The van der Waals surface area contributed by atoms with Gasteiger partial charge in [0.15, 0.2) is 5.69 Å². The van der Waals surface area contributed by atoms with E-state index in [0.717, 1.165) is 24.1 Å². The molecule has 9 heteroatoms. The standard InChI is InChI=1S/C28H26F3N5O/c1-4-36(26(37)24-16-9-8-15(29)12-21(16)32-34-24)14-28-11-10-18(27(28,2)3)17-13-22(33-35-25(17)28)23-19(30)6-5-7-20(23)31/h5-9,12-13,18H,4,10-11,14H2,1-3H3,(H,32,34)/t18-,28-/m0/s1. The van der Waals surface area contributed by atoms with Crippen LogP contribution in [0.15, 0.2) is 42.5 Å². The number of amides is 1. The first-order chi connectivity index (χ1) is 17.7. The van der Waals surface area contributed by atoms with E-state index in [1.807, 2.05) is 6.92 Å². The zero-order chi connectivity index (χ0) is 26.1. The van der Waals surface area contributed by atoms with Gasteiger partial charge in [-0.25, -0.2) is 13.2 Å². The van der Waals surface area contributed by atoms with E-state index in [-0.39, 0.29) is 34.2 Å². The largest absolute Gasteiger partial charge is 0.337 e. The first-order valence-corrected chi connectivity index (χ1v) is 12.4. The van der Waals surface area contributed by atoms with E-state index in [0.29, 0.717) is 24.0 Å². The van der Waals surface area contributed by atoms with Gasteiger partial charge in [0.25, 0.3) is 5.91 Å². The van der Waals surface area contributed by atoms with Crippen molar-refractivity contribution in [2.45, 2.75) is 44.9 Å². The number of likely N-dealkylation sites (N-methyl/N-ethyl adjacent to an activating group) is 1. The molecule has 2 aromatic carbocycles. The molecule has 0 radical (unpaired) electrons. The van der Waals surface area contributed by atoms with Crippen molar-refractivity contribution < 1.29 is 18.0 Å². The van der Waals surface area contributed by atoms with E-state index < -0.39 is 22.9 Å². The Hall–Kier alpha value is -3.75. The van der Waals surface area contributed by atoms with Gasteiger partial charge in [0, 0.05) is 23.9 Å². The summed E-state index contributed by atoms with van der Waals surface area (Å²) in [6.07, 6.45) is 1.69. The molecule has 0 spiro atoms. The normalized spacial score (nSPS) is 21.4. The van der Waals surface area contributed by atoms with Gasteiger partial charge in [-0.05, 0) is 73.1 Å². The molecule has 0 aliphatic heterocycles.